The predicted molar refractivity (Wildman–Crippen MR) is 68.3 cm³/mol. The van der Waals surface area contributed by atoms with Crippen LogP contribution >= 0.6 is 11.6 Å². The summed E-state index contributed by atoms with van der Waals surface area (Å²) in [4.78, 5) is 21.7. The van der Waals surface area contributed by atoms with Crippen molar-refractivity contribution in [3.8, 4) is 0 Å². The van der Waals surface area contributed by atoms with E-state index in [9.17, 15) is 9.59 Å². The van der Waals surface area contributed by atoms with Gasteiger partial charge >= 0.3 is 11.9 Å². The first-order valence-electron chi connectivity index (χ1n) is 6.03. The summed E-state index contributed by atoms with van der Waals surface area (Å²) in [6, 6.07) is 0. The summed E-state index contributed by atoms with van der Waals surface area (Å²) in [6.07, 6.45) is 3.69. The lowest BCUT2D eigenvalue weighted by Crippen LogP contribution is -2.29. The van der Waals surface area contributed by atoms with Crippen LogP contribution in [0.3, 0.4) is 0 Å². The zero-order valence-electron chi connectivity index (χ0n) is 10.8. The summed E-state index contributed by atoms with van der Waals surface area (Å²) in [7, 11) is 0. The van der Waals surface area contributed by atoms with Gasteiger partial charge in [0.2, 0.25) is 0 Å². The monoisotopic (exact) mass is 274 g/mol. The Kier molecular flexibility index (Phi) is 6.19. The largest absolute Gasteiger partial charge is 0.466 e. The summed E-state index contributed by atoms with van der Waals surface area (Å²) in [6.45, 7) is 3.51. The summed E-state index contributed by atoms with van der Waals surface area (Å²) in [5.74, 6) is 0.292. The van der Waals surface area contributed by atoms with E-state index in [-0.39, 0.29) is 23.8 Å². The molecule has 5 heteroatoms. The van der Waals surface area contributed by atoms with Crippen molar-refractivity contribution in [3.05, 3.63) is 11.6 Å². The third-order valence-electron chi connectivity index (χ3n) is 3.07. The Balaban J connectivity index is 2.57. The summed E-state index contributed by atoms with van der Waals surface area (Å²) >= 11 is 5.82. The standard InChI is InChI=1S/C13H19ClO4/c1-9(15)17-7-12-4-3-11(6-14)5-13(12)8-18-10(2)16/h3,12-13H,4-8H2,1-2H3/t12-,13-/m0/s1. The SMILES string of the molecule is CC(=O)OC[C@@H]1CC(CCl)=CC[C@H]1COC(C)=O. The van der Waals surface area contributed by atoms with Crippen molar-refractivity contribution in [2.45, 2.75) is 26.7 Å². The van der Waals surface area contributed by atoms with Gasteiger partial charge in [0.1, 0.15) is 0 Å². The fourth-order valence-electron chi connectivity index (χ4n) is 2.05. The number of allylic oxidation sites excluding steroid dienone is 2. The molecule has 1 aliphatic carbocycles. The molecule has 0 saturated carbocycles. The number of hydrogen-bond donors (Lipinski definition) is 0. The van der Waals surface area contributed by atoms with Crippen LogP contribution in [0.5, 0.6) is 0 Å². The first-order valence-corrected chi connectivity index (χ1v) is 6.57. The number of hydrogen-bond acceptors (Lipinski definition) is 4. The van der Waals surface area contributed by atoms with Crippen LogP contribution in [-0.4, -0.2) is 31.0 Å². The van der Waals surface area contributed by atoms with E-state index in [0.717, 1.165) is 18.4 Å². The molecule has 0 spiro atoms. The van der Waals surface area contributed by atoms with Crippen LogP contribution in [0.15, 0.2) is 11.6 Å². The molecular formula is C13H19ClO4. The van der Waals surface area contributed by atoms with Gasteiger partial charge in [-0.05, 0) is 12.8 Å². The van der Waals surface area contributed by atoms with E-state index in [0.29, 0.717) is 19.1 Å². The van der Waals surface area contributed by atoms with Gasteiger partial charge in [-0.3, -0.25) is 9.59 Å². The topological polar surface area (TPSA) is 52.6 Å². The predicted octanol–water partition coefficient (Wildman–Crippen LogP) is 2.30. The van der Waals surface area contributed by atoms with Gasteiger partial charge < -0.3 is 9.47 Å². The van der Waals surface area contributed by atoms with Gasteiger partial charge in [-0.25, -0.2) is 0 Å². The Bertz CT molecular complexity index is 338. The van der Waals surface area contributed by atoms with Gasteiger partial charge in [-0.2, -0.15) is 0 Å². The molecule has 1 aliphatic rings. The molecule has 1 rings (SSSR count). The lowest BCUT2D eigenvalue weighted by atomic mass is 9.81. The molecule has 4 nitrogen and oxygen atoms in total. The second kappa shape index (κ2) is 7.41. The van der Waals surface area contributed by atoms with Crippen LogP contribution < -0.4 is 0 Å². The van der Waals surface area contributed by atoms with Crippen molar-refractivity contribution < 1.29 is 19.1 Å². The second-order valence-electron chi connectivity index (χ2n) is 4.56. The molecule has 0 saturated heterocycles. The molecule has 0 aromatic heterocycles. The molecule has 0 fully saturated rings. The molecular weight excluding hydrogens is 256 g/mol. The van der Waals surface area contributed by atoms with Crippen LogP contribution in [-0.2, 0) is 19.1 Å². The summed E-state index contributed by atoms with van der Waals surface area (Å²) < 4.78 is 10.1. The van der Waals surface area contributed by atoms with E-state index < -0.39 is 0 Å². The van der Waals surface area contributed by atoms with E-state index in [1.807, 2.05) is 0 Å². The second-order valence-corrected chi connectivity index (χ2v) is 4.83. The third-order valence-corrected chi connectivity index (χ3v) is 3.42. The summed E-state index contributed by atoms with van der Waals surface area (Å²) in [5.41, 5.74) is 1.16. The van der Waals surface area contributed by atoms with E-state index in [2.05, 4.69) is 6.08 Å². The molecule has 0 unspecified atom stereocenters. The lowest BCUT2D eigenvalue weighted by molar-refractivity contribution is -0.147. The number of alkyl halides is 1. The Morgan fingerprint density at radius 2 is 1.78 bits per heavy atom. The number of ether oxygens (including phenoxy) is 2. The molecule has 0 bridgehead atoms. The molecule has 0 aromatic carbocycles. The first kappa shape index (κ1) is 15.0. The molecule has 0 aromatic rings. The first-order chi connectivity index (χ1) is 8.52. The Labute approximate surface area is 112 Å². The minimum Gasteiger partial charge on any atom is -0.466 e. The van der Waals surface area contributed by atoms with Crippen LogP contribution in [0.4, 0.5) is 0 Å². The zero-order chi connectivity index (χ0) is 13.5. The summed E-state index contributed by atoms with van der Waals surface area (Å²) in [5, 5.41) is 0. The molecule has 102 valence electrons. The maximum atomic E-state index is 10.9. The molecule has 2 atom stereocenters. The Morgan fingerprint density at radius 1 is 1.22 bits per heavy atom. The molecule has 0 radical (unpaired) electrons. The maximum absolute atomic E-state index is 10.9. The fraction of sp³-hybridized carbons (Fsp3) is 0.692. The number of esters is 2. The van der Waals surface area contributed by atoms with Crippen LogP contribution in [0.2, 0.25) is 0 Å². The molecule has 0 heterocycles. The Morgan fingerprint density at radius 3 is 2.28 bits per heavy atom. The maximum Gasteiger partial charge on any atom is 0.302 e. The van der Waals surface area contributed by atoms with Gasteiger partial charge in [0.25, 0.3) is 0 Å². The average Bonchev–Trinajstić information content (AvgIpc) is 2.34. The van der Waals surface area contributed by atoms with Crippen LogP contribution in [0, 0.1) is 11.8 Å². The van der Waals surface area contributed by atoms with Crippen molar-refractivity contribution >= 4 is 23.5 Å². The van der Waals surface area contributed by atoms with Crippen molar-refractivity contribution in [1.29, 1.82) is 0 Å². The lowest BCUT2D eigenvalue weighted by Gasteiger charge is -2.30. The van der Waals surface area contributed by atoms with Crippen molar-refractivity contribution in [1.82, 2.24) is 0 Å². The number of carbonyl (C=O) groups excluding carboxylic acids is 2. The molecule has 0 N–H and O–H groups in total. The minimum absolute atomic E-state index is 0.173. The highest BCUT2D eigenvalue weighted by molar-refractivity contribution is 6.19. The van der Waals surface area contributed by atoms with Crippen molar-refractivity contribution in [2.75, 3.05) is 19.1 Å². The van der Waals surface area contributed by atoms with E-state index >= 15 is 0 Å². The number of carbonyl (C=O) groups is 2. The molecule has 18 heavy (non-hydrogen) atoms. The van der Waals surface area contributed by atoms with Gasteiger partial charge in [0.05, 0.1) is 13.2 Å². The van der Waals surface area contributed by atoms with E-state index in [1.54, 1.807) is 0 Å². The van der Waals surface area contributed by atoms with E-state index in [1.165, 1.54) is 13.8 Å². The van der Waals surface area contributed by atoms with Crippen LogP contribution in [0.1, 0.15) is 26.7 Å². The van der Waals surface area contributed by atoms with Crippen LogP contribution in [0.25, 0.3) is 0 Å². The molecule has 0 amide bonds. The normalized spacial score (nSPS) is 23.2. The van der Waals surface area contributed by atoms with Gasteiger partial charge in [-0.15, -0.1) is 11.6 Å². The molecule has 0 aliphatic heterocycles. The highest BCUT2D eigenvalue weighted by atomic mass is 35.5. The highest BCUT2D eigenvalue weighted by Crippen LogP contribution is 2.31. The quantitative estimate of drug-likeness (QED) is 0.439. The highest BCUT2D eigenvalue weighted by Gasteiger charge is 2.27. The zero-order valence-corrected chi connectivity index (χ0v) is 11.5. The minimum atomic E-state index is -0.289. The van der Waals surface area contributed by atoms with Gasteiger partial charge in [0, 0.05) is 31.6 Å². The van der Waals surface area contributed by atoms with Crippen molar-refractivity contribution in [2.24, 2.45) is 11.8 Å². The number of halogens is 1. The van der Waals surface area contributed by atoms with Gasteiger partial charge in [0.15, 0.2) is 0 Å². The fourth-order valence-corrected chi connectivity index (χ4v) is 2.27. The Hall–Kier alpha value is -1.03. The van der Waals surface area contributed by atoms with Crippen molar-refractivity contribution in [3.63, 3.8) is 0 Å². The third kappa shape index (κ3) is 5.08. The van der Waals surface area contributed by atoms with Gasteiger partial charge in [-0.1, -0.05) is 11.6 Å². The smallest absolute Gasteiger partial charge is 0.302 e. The number of rotatable bonds is 5. The van der Waals surface area contributed by atoms with E-state index in [4.69, 9.17) is 21.1 Å². The average molecular weight is 275 g/mol.